The molecule has 0 aliphatic heterocycles. The van der Waals surface area contributed by atoms with Gasteiger partial charge in [0.25, 0.3) is 0 Å². The van der Waals surface area contributed by atoms with Gasteiger partial charge in [-0.3, -0.25) is 0 Å². The number of halogens is 1. The third kappa shape index (κ3) is 4.57. The van der Waals surface area contributed by atoms with Gasteiger partial charge in [-0.1, -0.05) is 0 Å². The first kappa shape index (κ1) is 6.57. The van der Waals surface area contributed by atoms with Crippen LogP contribution in [0, 0.1) is 0 Å². The Labute approximate surface area is 49.9 Å². The molecule has 32 valence electrons. The zero-order chi connectivity index (χ0) is 4.99. The molecule has 0 aliphatic carbocycles. The molecule has 0 aliphatic rings. The molecule has 0 amide bonds. The summed E-state index contributed by atoms with van der Waals surface area (Å²) in [6, 6.07) is 0. The van der Waals surface area contributed by atoms with E-state index in [1.165, 1.54) is 0 Å². The van der Waals surface area contributed by atoms with Crippen LogP contribution in [0.3, 0.4) is 0 Å². The fourth-order valence-corrected chi connectivity index (χ4v) is 2.18. The van der Waals surface area contributed by atoms with Crippen LogP contribution >= 0.6 is 13.6 Å². The topological polar surface area (TPSA) is 37.3 Å². The predicted molar refractivity (Wildman–Crippen MR) is 21.4 cm³/mol. The third-order valence-electron chi connectivity index (χ3n) is 0.308. The molecule has 0 bridgehead atoms. The summed E-state index contributed by atoms with van der Waals surface area (Å²) in [6.07, 6.45) is 0. The van der Waals surface area contributed by atoms with Gasteiger partial charge in [-0.15, -0.1) is 0 Å². The van der Waals surface area contributed by atoms with E-state index in [0.717, 1.165) is 0 Å². The van der Waals surface area contributed by atoms with E-state index in [1.807, 2.05) is 0 Å². The van der Waals surface area contributed by atoms with E-state index in [4.69, 9.17) is 5.11 Å². The van der Waals surface area contributed by atoms with Crippen molar-refractivity contribution in [3.63, 3.8) is 0 Å². The van der Waals surface area contributed by atoms with E-state index in [9.17, 15) is 4.79 Å². The molecular weight excluding hydrogens is 201 g/mol. The fraction of sp³-hybridized carbons (Fsp3) is 0.500. The van der Waals surface area contributed by atoms with E-state index < -0.39 is 21.1 Å². The molecule has 0 spiro atoms. The molecule has 6 heavy (non-hydrogen) atoms. The molecule has 2 nitrogen and oxygen atoms in total. The molecule has 0 fully saturated rings. The second-order valence-electron chi connectivity index (χ2n) is 0.833. The number of rotatable bonds is 2. The van der Waals surface area contributed by atoms with E-state index in [0.29, 0.717) is 5.02 Å². The number of carboxylic acids is 1. The Bertz CT molecular complexity index is 55.5. The van der Waals surface area contributed by atoms with Crippen molar-refractivity contribution in [2.45, 2.75) is 5.02 Å². The Balaban J connectivity index is 2.83. The molecule has 0 radical (unpaired) electrons. The average Bonchev–Trinajstić information content (AvgIpc) is 1.35. The van der Waals surface area contributed by atoms with Crippen LogP contribution in [0.1, 0.15) is 0 Å². The fourth-order valence-electron chi connectivity index (χ4n) is 0.0808. The summed E-state index contributed by atoms with van der Waals surface area (Å²) >= 11 is 2.40. The Morgan fingerprint density at radius 2 is 2.50 bits per heavy atom. The summed E-state index contributed by atoms with van der Waals surface area (Å²) in [5, 5.41) is 8.33. The molecule has 4 heteroatoms. The number of hydrogen-bond acceptors (Lipinski definition) is 1. The van der Waals surface area contributed by atoms with Crippen molar-refractivity contribution in [1.82, 2.24) is 0 Å². The Morgan fingerprint density at radius 3 is 2.50 bits per heavy atom. The molecule has 0 aromatic rings. The molecule has 0 rings (SSSR count). The zero-order valence-corrected chi connectivity index (χ0v) is 7.70. The summed E-state index contributed by atoms with van der Waals surface area (Å²) in [7, 11) is 0. The first-order chi connectivity index (χ1) is 2.77. The number of aliphatic carboxylic acids is 1. The van der Waals surface area contributed by atoms with Crippen molar-refractivity contribution < 1.29 is 25.1 Å². The van der Waals surface area contributed by atoms with E-state index in [2.05, 4.69) is 13.6 Å². The van der Waals surface area contributed by atoms with Crippen LogP contribution in [0.4, 0.5) is 0 Å². The van der Waals surface area contributed by atoms with Gasteiger partial charge < -0.3 is 0 Å². The average molecular weight is 204 g/mol. The van der Waals surface area contributed by atoms with Gasteiger partial charge in [0.2, 0.25) is 0 Å². The standard InChI is InChI=1S/C2H3O2.BrH.Zn/c1-2(3)4;;/h1H2,(H,3,4);1H;/q;;+1/p-1. The van der Waals surface area contributed by atoms with Crippen molar-refractivity contribution in [1.29, 1.82) is 0 Å². The maximum absolute atomic E-state index is 9.62. The van der Waals surface area contributed by atoms with Crippen molar-refractivity contribution >= 4 is 19.6 Å². The van der Waals surface area contributed by atoms with Gasteiger partial charge in [0, 0.05) is 0 Å². The van der Waals surface area contributed by atoms with Crippen molar-refractivity contribution in [2.75, 3.05) is 0 Å². The normalized spacial score (nSPS) is 6.83. The van der Waals surface area contributed by atoms with Crippen molar-refractivity contribution in [3.05, 3.63) is 0 Å². The van der Waals surface area contributed by atoms with E-state index in [1.54, 1.807) is 0 Å². The molecular formula is C2H3BrO2Zn. The Morgan fingerprint density at radius 1 is 2.00 bits per heavy atom. The van der Waals surface area contributed by atoms with Crippen LogP contribution in [0.2, 0.25) is 5.02 Å². The van der Waals surface area contributed by atoms with Crippen LogP contribution < -0.4 is 0 Å². The quantitative estimate of drug-likeness (QED) is 0.678. The zero-order valence-electron chi connectivity index (χ0n) is 3.15. The Kier molecular flexibility index (Phi) is 4.11. The van der Waals surface area contributed by atoms with Gasteiger partial charge >= 0.3 is 49.7 Å². The summed E-state index contributed by atoms with van der Waals surface area (Å²) in [6.45, 7) is 0. The summed E-state index contributed by atoms with van der Waals surface area (Å²) in [4.78, 5) is 9.62. The minimum absolute atomic E-state index is 0.396. The van der Waals surface area contributed by atoms with Crippen LogP contribution in [0.15, 0.2) is 0 Å². The number of carboxylic acid groups (broad SMARTS) is 1. The predicted octanol–water partition coefficient (Wildman–Crippen LogP) is 0.882. The molecule has 0 saturated heterocycles. The first-order valence-electron chi connectivity index (χ1n) is 1.55. The number of carbonyl (C=O) groups is 1. The molecule has 0 unspecified atom stereocenters. The molecule has 0 saturated carbocycles. The van der Waals surface area contributed by atoms with Gasteiger partial charge in [0.05, 0.1) is 0 Å². The van der Waals surface area contributed by atoms with Crippen LogP contribution in [0.5, 0.6) is 0 Å². The number of hydrogen-bond donors (Lipinski definition) is 1. The van der Waals surface area contributed by atoms with Crippen molar-refractivity contribution in [2.24, 2.45) is 0 Å². The second-order valence-corrected chi connectivity index (χ2v) is 6.80. The van der Waals surface area contributed by atoms with Gasteiger partial charge in [-0.2, -0.15) is 0 Å². The van der Waals surface area contributed by atoms with Gasteiger partial charge in [-0.05, 0) is 0 Å². The second kappa shape index (κ2) is 3.75. The summed E-state index contributed by atoms with van der Waals surface area (Å²) in [5.74, 6) is -0.674. The Hall–Kier alpha value is 0.573. The maximum atomic E-state index is 9.62. The molecule has 0 aromatic carbocycles. The van der Waals surface area contributed by atoms with E-state index in [-0.39, 0.29) is 0 Å². The summed E-state index contributed by atoms with van der Waals surface area (Å²) in [5.41, 5.74) is 0. The third-order valence-corrected chi connectivity index (χ3v) is 3.66. The molecule has 0 heterocycles. The molecule has 0 aromatic heterocycles. The minimum atomic E-state index is -0.758. The van der Waals surface area contributed by atoms with Crippen LogP contribution in [0.25, 0.3) is 0 Å². The van der Waals surface area contributed by atoms with Gasteiger partial charge in [0.1, 0.15) is 0 Å². The summed E-state index contributed by atoms with van der Waals surface area (Å²) < 4.78 is 0. The van der Waals surface area contributed by atoms with Crippen LogP contribution in [-0.2, 0) is 20.0 Å². The van der Waals surface area contributed by atoms with E-state index >= 15 is 0 Å². The van der Waals surface area contributed by atoms with Crippen LogP contribution in [-0.4, -0.2) is 11.1 Å². The SMILES string of the molecule is O=C(O)[CH2][Zn][Br]. The van der Waals surface area contributed by atoms with Gasteiger partial charge in [-0.25, -0.2) is 0 Å². The molecule has 1 N–H and O–H groups in total. The first-order valence-corrected chi connectivity index (χ1v) is 10.6. The van der Waals surface area contributed by atoms with Gasteiger partial charge in [0.15, 0.2) is 0 Å². The monoisotopic (exact) mass is 202 g/mol. The molecule has 0 atom stereocenters. The van der Waals surface area contributed by atoms with Crippen molar-refractivity contribution in [3.8, 4) is 0 Å².